The molecule has 0 spiro atoms. The highest BCUT2D eigenvalue weighted by Gasteiger charge is 2.31. The zero-order valence-corrected chi connectivity index (χ0v) is 13.4. The van der Waals surface area contributed by atoms with Crippen molar-refractivity contribution >= 4 is 23.3 Å². The van der Waals surface area contributed by atoms with E-state index in [1.54, 1.807) is 0 Å². The Morgan fingerprint density at radius 1 is 0.926 bits per heavy atom. The summed E-state index contributed by atoms with van der Waals surface area (Å²) >= 11 is 0. The van der Waals surface area contributed by atoms with Crippen LogP contribution in [0.1, 0.15) is 0 Å². The van der Waals surface area contributed by atoms with Crippen molar-refractivity contribution in [2.45, 2.75) is 6.36 Å². The number of hydrogen-bond acceptors (Lipinski definition) is 3. The third-order valence-electron chi connectivity index (χ3n) is 2.94. The van der Waals surface area contributed by atoms with Crippen LogP contribution in [0.15, 0.2) is 42.5 Å². The lowest BCUT2D eigenvalue weighted by atomic mass is 10.3. The van der Waals surface area contributed by atoms with Gasteiger partial charge in [-0.25, -0.2) is 13.6 Å². The van der Waals surface area contributed by atoms with Crippen LogP contribution in [-0.4, -0.2) is 24.8 Å². The van der Waals surface area contributed by atoms with Crippen molar-refractivity contribution in [1.29, 1.82) is 0 Å². The fourth-order valence-electron chi connectivity index (χ4n) is 1.89. The average Bonchev–Trinajstić information content (AvgIpc) is 2.55. The highest BCUT2D eigenvalue weighted by Crippen LogP contribution is 2.24. The number of nitrogens with one attached hydrogen (secondary N) is 3. The van der Waals surface area contributed by atoms with Crippen molar-refractivity contribution in [1.82, 2.24) is 5.32 Å². The quantitative estimate of drug-likeness (QED) is 0.684. The average molecular weight is 389 g/mol. The van der Waals surface area contributed by atoms with E-state index in [-0.39, 0.29) is 11.4 Å². The molecule has 2 aromatic rings. The zero-order chi connectivity index (χ0) is 20.0. The molecule has 0 radical (unpaired) electrons. The molecule has 0 heterocycles. The molecule has 0 bridgehead atoms. The van der Waals surface area contributed by atoms with Gasteiger partial charge in [-0.1, -0.05) is 6.07 Å². The summed E-state index contributed by atoms with van der Waals surface area (Å²) in [5, 5.41) is 6.60. The SMILES string of the molecule is O=C(CNC(=O)Nc1cccc(OC(F)(F)F)c1)Nc1ccc(F)c(F)c1. The van der Waals surface area contributed by atoms with E-state index in [2.05, 4.69) is 20.7 Å². The molecule has 2 aromatic carbocycles. The Bertz CT molecular complexity index is 842. The van der Waals surface area contributed by atoms with Gasteiger partial charge in [-0.15, -0.1) is 13.2 Å². The Balaban J connectivity index is 1.84. The van der Waals surface area contributed by atoms with E-state index in [1.165, 1.54) is 12.1 Å². The molecule has 0 saturated heterocycles. The molecule has 3 amide bonds. The maximum Gasteiger partial charge on any atom is 0.573 e. The maximum atomic E-state index is 13.0. The van der Waals surface area contributed by atoms with Gasteiger partial charge in [0.15, 0.2) is 11.6 Å². The number of rotatable bonds is 5. The van der Waals surface area contributed by atoms with E-state index in [1.807, 2.05) is 0 Å². The summed E-state index contributed by atoms with van der Waals surface area (Å²) in [6, 6.07) is 6.36. The van der Waals surface area contributed by atoms with Crippen LogP contribution in [-0.2, 0) is 4.79 Å². The number of hydrogen-bond donors (Lipinski definition) is 3. The lowest BCUT2D eigenvalue weighted by Gasteiger charge is -2.11. The van der Waals surface area contributed by atoms with Crippen molar-refractivity contribution in [2.24, 2.45) is 0 Å². The van der Waals surface area contributed by atoms with Gasteiger partial charge >= 0.3 is 12.4 Å². The molecular formula is C16H12F5N3O3. The first-order valence-electron chi connectivity index (χ1n) is 7.28. The van der Waals surface area contributed by atoms with Crippen LogP contribution in [0.2, 0.25) is 0 Å². The fraction of sp³-hybridized carbons (Fsp3) is 0.125. The van der Waals surface area contributed by atoms with Crippen molar-refractivity contribution in [3.63, 3.8) is 0 Å². The Kier molecular flexibility index (Phi) is 6.16. The van der Waals surface area contributed by atoms with Gasteiger partial charge in [0, 0.05) is 23.5 Å². The largest absolute Gasteiger partial charge is 0.573 e. The summed E-state index contributed by atoms with van der Waals surface area (Å²) in [5.74, 6) is -3.50. The number of ether oxygens (including phenoxy) is 1. The molecule has 11 heteroatoms. The molecule has 0 saturated carbocycles. The molecular weight excluding hydrogens is 377 g/mol. The summed E-state index contributed by atoms with van der Waals surface area (Å²) in [6.45, 7) is -0.524. The Morgan fingerprint density at radius 2 is 1.63 bits per heavy atom. The van der Waals surface area contributed by atoms with E-state index >= 15 is 0 Å². The molecule has 3 N–H and O–H groups in total. The van der Waals surface area contributed by atoms with E-state index in [0.29, 0.717) is 0 Å². The number of alkyl halides is 3. The van der Waals surface area contributed by atoms with Crippen molar-refractivity contribution < 1.29 is 36.3 Å². The second kappa shape index (κ2) is 8.34. The highest BCUT2D eigenvalue weighted by molar-refractivity contribution is 5.96. The van der Waals surface area contributed by atoms with Crippen molar-refractivity contribution in [3.8, 4) is 5.75 Å². The van der Waals surface area contributed by atoms with E-state index < -0.39 is 42.2 Å². The molecule has 0 unspecified atom stereocenters. The zero-order valence-electron chi connectivity index (χ0n) is 13.4. The van der Waals surface area contributed by atoms with Crippen LogP contribution < -0.4 is 20.7 Å². The Morgan fingerprint density at radius 3 is 2.30 bits per heavy atom. The number of urea groups is 1. The van der Waals surface area contributed by atoms with Crippen LogP contribution in [0, 0.1) is 11.6 Å². The molecule has 0 aromatic heterocycles. The minimum atomic E-state index is -4.88. The van der Waals surface area contributed by atoms with Gasteiger partial charge in [0.2, 0.25) is 5.91 Å². The molecule has 0 atom stereocenters. The second-order valence-corrected chi connectivity index (χ2v) is 5.06. The molecule has 27 heavy (non-hydrogen) atoms. The predicted octanol–water partition coefficient (Wildman–Crippen LogP) is 3.62. The monoisotopic (exact) mass is 389 g/mol. The number of benzene rings is 2. The lowest BCUT2D eigenvalue weighted by molar-refractivity contribution is -0.274. The summed E-state index contributed by atoms with van der Waals surface area (Å²) in [5.41, 5.74) is -0.0200. The number of halogens is 5. The highest BCUT2D eigenvalue weighted by atomic mass is 19.4. The van der Waals surface area contributed by atoms with Crippen molar-refractivity contribution in [3.05, 3.63) is 54.1 Å². The molecule has 6 nitrogen and oxygen atoms in total. The van der Waals surface area contributed by atoms with Gasteiger partial charge < -0.3 is 20.7 Å². The van der Waals surface area contributed by atoms with Crippen LogP contribution >= 0.6 is 0 Å². The normalized spacial score (nSPS) is 10.9. The first-order valence-corrected chi connectivity index (χ1v) is 7.28. The number of carbonyl (C=O) groups excluding carboxylic acids is 2. The number of carbonyl (C=O) groups is 2. The van der Waals surface area contributed by atoms with Crippen LogP contribution in [0.25, 0.3) is 0 Å². The van der Waals surface area contributed by atoms with E-state index in [9.17, 15) is 31.5 Å². The number of amides is 3. The summed E-state index contributed by atoms with van der Waals surface area (Å²) < 4.78 is 66.0. The molecule has 0 fully saturated rings. The van der Waals surface area contributed by atoms with E-state index in [0.717, 1.165) is 30.3 Å². The lowest BCUT2D eigenvalue weighted by Crippen LogP contribution is -2.35. The molecule has 2 rings (SSSR count). The second-order valence-electron chi connectivity index (χ2n) is 5.06. The third-order valence-corrected chi connectivity index (χ3v) is 2.94. The topological polar surface area (TPSA) is 79.5 Å². The summed E-state index contributed by atoms with van der Waals surface area (Å²) in [6.07, 6.45) is -4.88. The molecule has 144 valence electrons. The number of anilines is 2. The van der Waals surface area contributed by atoms with E-state index in [4.69, 9.17) is 0 Å². The Hall–Kier alpha value is -3.37. The van der Waals surface area contributed by atoms with Crippen LogP contribution in [0.4, 0.5) is 38.1 Å². The summed E-state index contributed by atoms with van der Waals surface area (Å²) in [4.78, 5) is 23.4. The molecule has 0 aliphatic carbocycles. The van der Waals surface area contributed by atoms with Gasteiger partial charge in [-0.3, -0.25) is 4.79 Å². The van der Waals surface area contributed by atoms with Crippen LogP contribution in [0.3, 0.4) is 0 Å². The third kappa shape index (κ3) is 6.80. The minimum absolute atomic E-state index is 0.00439. The van der Waals surface area contributed by atoms with Gasteiger partial charge in [-0.2, -0.15) is 0 Å². The van der Waals surface area contributed by atoms with Crippen LogP contribution in [0.5, 0.6) is 5.75 Å². The predicted molar refractivity (Wildman–Crippen MR) is 85.1 cm³/mol. The minimum Gasteiger partial charge on any atom is -0.406 e. The molecule has 0 aliphatic rings. The van der Waals surface area contributed by atoms with Gasteiger partial charge in [0.25, 0.3) is 0 Å². The standard InChI is InChI=1S/C16H12F5N3O3/c17-12-5-4-10(7-13(12)18)23-14(25)8-22-15(26)24-9-2-1-3-11(6-9)27-16(19,20)21/h1-7H,8H2,(H,23,25)(H2,22,24,26). The first-order chi connectivity index (χ1) is 12.6. The van der Waals surface area contributed by atoms with Gasteiger partial charge in [-0.05, 0) is 24.3 Å². The maximum absolute atomic E-state index is 13.0. The Labute approximate surface area is 149 Å². The fourth-order valence-corrected chi connectivity index (χ4v) is 1.89. The first kappa shape index (κ1) is 19.9. The van der Waals surface area contributed by atoms with Gasteiger partial charge in [0.05, 0.1) is 6.54 Å². The molecule has 0 aliphatic heterocycles. The van der Waals surface area contributed by atoms with Gasteiger partial charge in [0.1, 0.15) is 5.75 Å². The summed E-state index contributed by atoms with van der Waals surface area (Å²) in [7, 11) is 0. The van der Waals surface area contributed by atoms with Crippen molar-refractivity contribution in [2.75, 3.05) is 17.2 Å². The smallest absolute Gasteiger partial charge is 0.406 e.